The van der Waals surface area contributed by atoms with E-state index in [2.05, 4.69) is 31.9 Å². The molecule has 0 radical (unpaired) electrons. The average molecular weight is 352 g/mol. The van der Waals surface area contributed by atoms with Gasteiger partial charge in [-0.1, -0.05) is 0 Å². The molecule has 88 valence electrons. The van der Waals surface area contributed by atoms with Crippen LogP contribution in [0.4, 0.5) is 0 Å². The molecule has 0 N–H and O–H groups in total. The molecule has 5 heteroatoms. The molecule has 1 saturated heterocycles. The third kappa shape index (κ3) is 2.70. The number of hydrogen-bond donors (Lipinski definition) is 0. The lowest BCUT2D eigenvalue weighted by molar-refractivity contribution is 0.201. The van der Waals surface area contributed by atoms with Crippen LogP contribution in [-0.2, 0) is 4.74 Å². The summed E-state index contributed by atoms with van der Waals surface area (Å²) in [5, 5.41) is 0. The summed E-state index contributed by atoms with van der Waals surface area (Å²) in [6, 6.07) is 3.75. The van der Waals surface area contributed by atoms with Gasteiger partial charge in [0.1, 0.15) is 23.7 Å². The highest BCUT2D eigenvalue weighted by Crippen LogP contribution is 2.37. The van der Waals surface area contributed by atoms with Gasteiger partial charge in [0.05, 0.1) is 22.7 Å². The molecule has 1 unspecified atom stereocenters. The molecule has 0 bridgehead atoms. The summed E-state index contributed by atoms with van der Waals surface area (Å²) in [7, 11) is 1.63. The molecule has 3 nitrogen and oxygen atoms in total. The Labute approximate surface area is 111 Å². The van der Waals surface area contributed by atoms with Crippen LogP contribution in [0.25, 0.3) is 0 Å². The van der Waals surface area contributed by atoms with Crippen molar-refractivity contribution in [3.8, 4) is 11.5 Å². The topological polar surface area (TPSA) is 31.0 Å². The molecule has 2 rings (SSSR count). The number of ether oxygens (including phenoxy) is 3. The van der Waals surface area contributed by atoms with Crippen LogP contribution < -0.4 is 9.47 Å². The molecule has 1 atom stereocenters. The predicted molar refractivity (Wildman–Crippen MR) is 68.2 cm³/mol. The molecular formula is C11H12Br2O3. The van der Waals surface area contributed by atoms with E-state index in [0.29, 0.717) is 6.61 Å². The molecule has 1 aliphatic heterocycles. The molecule has 0 saturated carbocycles. The van der Waals surface area contributed by atoms with Gasteiger partial charge >= 0.3 is 0 Å². The van der Waals surface area contributed by atoms with Gasteiger partial charge in [-0.3, -0.25) is 0 Å². The molecule has 0 amide bonds. The van der Waals surface area contributed by atoms with E-state index >= 15 is 0 Å². The lowest BCUT2D eigenvalue weighted by Crippen LogP contribution is -2.17. The summed E-state index contributed by atoms with van der Waals surface area (Å²) in [6.07, 6.45) is 0. The van der Waals surface area contributed by atoms with E-state index in [1.807, 2.05) is 19.1 Å². The Morgan fingerprint density at radius 3 is 2.44 bits per heavy atom. The zero-order valence-corrected chi connectivity index (χ0v) is 12.2. The molecule has 0 spiro atoms. The normalized spacial score (nSPS) is 23.0. The van der Waals surface area contributed by atoms with Crippen LogP contribution in [0, 0.1) is 0 Å². The fourth-order valence-electron chi connectivity index (χ4n) is 1.21. The molecule has 16 heavy (non-hydrogen) atoms. The molecule has 1 fully saturated rings. The largest absolute Gasteiger partial charge is 0.496 e. The van der Waals surface area contributed by atoms with Crippen molar-refractivity contribution < 1.29 is 14.2 Å². The molecule has 0 aromatic heterocycles. The van der Waals surface area contributed by atoms with Crippen molar-refractivity contribution in [2.75, 3.05) is 20.3 Å². The highest BCUT2D eigenvalue weighted by molar-refractivity contribution is 9.11. The monoisotopic (exact) mass is 350 g/mol. The SMILES string of the molecule is COc1cc(Br)c(OCC2(C)CO2)cc1Br. The molecule has 1 aromatic rings. The molecule has 0 aliphatic carbocycles. The van der Waals surface area contributed by atoms with Crippen molar-refractivity contribution in [2.45, 2.75) is 12.5 Å². The van der Waals surface area contributed by atoms with Gasteiger partial charge in [0.15, 0.2) is 0 Å². The number of methoxy groups -OCH3 is 1. The highest BCUT2D eigenvalue weighted by atomic mass is 79.9. The van der Waals surface area contributed by atoms with Gasteiger partial charge in [0.2, 0.25) is 0 Å². The van der Waals surface area contributed by atoms with E-state index in [1.54, 1.807) is 7.11 Å². The molecule has 1 heterocycles. The van der Waals surface area contributed by atoms with Crippen LogP contribution in [0.15, 0.2) is 21.1 Å². The summed E-state index contributed by atoms with van der Waals surface area (Å²) in [6.45, 7) is 3.35. The number of benzene rings is 1. The van der Waals surface area contributed by atoms with E-state index in [4.69, 9.17) is 14.2 Å². The zero-order valence-electron chi connectivity index (χ0n) is 9.05. The Bertz CT molecular complexity index is 402. The minimum Gasteiger partial charge on any atom is -0.496 e. The van der Waals surface area contributed by atoms with Crippen molar-refractivity contribution in [1.82, 2.24) is 0 Å². The second-order valence-electron chi connectivity index (χ2n) is 3.94. The first kappa shape index (κ1) is 12.2. The highest BCUT2D eigenvalue weighted by Gasteiger charge is 2.40. The van der Waals surface area contributed by atoms with Crippen molar-refractivity contribution in [1.29, 1.82) is 0 Å². The Balaban J connectivity index is 2.11. The summed E-state index contributed by atoms with van der Waals surface area (Å²) >= 11 is 6.86. The second kappa shape index (κ2) is 4.55. The summed E-state index contributed by atoms with van der Waals surface area (Å²) in [4.78, 5) is 0. The maximum Gasteiger partial charge on any atom is 0.135 e. The zero-order chi connectivity index (χ0) is 11.8. The molecule has 1 aliphatic rings. The fraction of sp³-hybridized carbons (Fsp3) is 0.455. The van der Waals surface area contributed by atoms with E-state index in [0.717, 1.165) is 27.1 Å². The van der Waals surface area contributed by atoms with E-state index < -0.39 is 0 Å². The third-order valence-electron chi connectivity index (χ3n) is 2.38. The van der Waals surface area contributed by atoms with Gasteiger partial charge in [0.25, 0.3) is 0 Å². The number of rotatable bonds is 4. The van der Waals surface area contributed by atoms with E-state index in [1.165, 1.54) is 0 Å². The maximum absolute atomic E-state index is 5.69. The van der Waals surface area contributed by atoms with Gasteiger partial charge in [-0.15, -0.1) is 0 Å². The lowest BCUT2D eigenvalue weighted by atomic mass is 10.2. The Morgan fingerprint density at radius 1 is 1.31 bits per heavy atom. The van der Waals surface area contributed by atoms with Crippen molar-refractivity contribution in [3.63, 3.8) is 0 Å². The van der Waals surface area contributed by atoms with Gasteiger partial charge < -0.3 is 14.2 Å². The van der Waals surface area contributed by atoms with Crippen molar-refractivity contribution in [3.05, 3.63) is 21.1 Å². The van der Waals surface area contributed by atoms with E-state index in [9.17, 15) is 0 Å². The number of halogens is 2. The van der Waals surface area contributed by atoms with Crippen LogP contribution in [-0.4, -0.2) is 25.9 Å². The van der Waals surface area contributed by atoms with Crippen LogP contribution in [0.1, 0.15) is 6.92 Å². The van der Waals surface area contributed by atoms with Crippen LogP contribution in [0.3, 0.4) is 0 Å². The predicted octanol–water partition coefficient (Wildman–Crippen LogP) is 3.39. The first-order valence-electron chi connectivity index (χ1n) is 4.84. The summed E-state index contributed by atoms with van der Waals surface area (Å²) in [5.41, 5.74) is -0.105. The quantitative estimate of drug-likeness (QED) is 0.779. The minimum absolute atomic E-state index is 0.105. The lowest BCUT2D eigenvalue weighted by Gasteiger charge is -2.12. The average Bonchev–Trinajstić information content (AvgIpc) is 2.98. The Kier molecular flexibility index (Phi) is 3.47. The minimum atomic E-state index is -0.105. The summed E-state index contributed by atoms with van der Waals surface area (Å²) < 4.78 is 17.9. The fourth-order valence-corrected chi connectivity index (χ4v) is 2.14. The van der Waals surface area contributed by atoms with Crippen LogP contribution >= 0.6 is 31.9 Å². The van der Waals surface area contributed by atoms with Crippen LogP contribution in [0.2, 0.25) is 0 Å². The Morgan fingerprint density at radius 2 is 1.88 bits per heavy atom. The first-order valence-corrected chi connectivity index (χ1v) is 6.42. The van der Waals surface area contributed by atoms with E-state index in [-0.39, 0.29) is 5.60 Å². The smallest absolute Gasteiger partial charge is 0.135 e. The third-order valence-corrected chi connectivity index (χ3v) is 3.62. The number of hydrogen-bond acceptors (Lipinski definition) is 3. The van der Waals surface area contributed by atoms with Crippen molar-refractivity contribution in [2.24, 2.45) is 0 Å². The van der Waals surface area contributed by atoms with Crippen LogP contribution in [0.5, 0.6) is 11.5 Å². The number of epoxide rings is 1. The Hall–Kier alpha value is -0.260. The van der Waals surface area contributed by atoms with Gasteiger partial charge in [0, 0.05) is 0 Å². The maximum atomic E-state index is 5.69. The summed E-state index contributed by atoms with van der Waals surface area (Å²) in [5.74, 6) is 1.55. The first-order chi connectivity index (χ1) is 7.54. The second-order valence-corrected chi connectivity index (χ2v) is 5.65. The molecular weight excluding hydrogens is 340 g/mol. The van der Waals surface area contributed by atoms with Crippen molar-refractivity contribution >= 4 is 31.9 Å². The molecule has 1 aromatic carbocycles. The van der Waals surface area contributed by atoms with Gasteiger partial charge in [-0.25, -0.2) is 0 Å². The van der Waals surface area contributed by atoms with Gasteiger partial charge in [-0.05, 0) is 50.9 Å². The standard InChI is InChI=1S/C11H12Br2O3/c1-11(6-16-11)5-15-10-4-7(12)9(14-2)3-8(10)13/h3-4H,5-6H2,1-2H3. The van der Waals surface area contributed by atoms with Gasteiger partial charge in [-0.2, -0.15) is 0 Å².